The summed E-state index contributed by atoms with van der Waals surface area (Å²) >= 11 is 4.16. The van der Waals surface area contributed by atoms with E-state index in [-0.39, 0.29) is 10.5 Å². The maximum atomic E-state index is 11.9. The standard InChI is InChI=1S/C19H38OS/c1-16(2)12-8-6-10-14-19(5,18(20)21)15-11-7-9-13-17(3)4/h16-17H,6-15H2,1-5H3,(H,20,21). The van der Waals surface area contributed by atoms with E-state index in [0.717, 1.165) is 24.7 Å². The lowest BCUT2D eigenvalue weighted by Crippen LogP contribution is -2.24. The number of hydrogen-bond donors (Lipinski definition) is 1. The molecule has 21 heavy (non-hydrogen) atoms. The highest BCUT2D eigenvalue weighted by Crippen LogP contribution is 2.33. The second-order valence-electron chi connectivity index (χ2n) is 7.85. The summed E-state index contributed by atoms with van der Waals surface area (Å²) in [4.78, 5) is 11.9. The van der Waals surface area contributed by atoms with Gasteiger partial charge in [-0.15, -0.1) is 12.6 Å². The summed E-state index contributed by atoms with van der Waals surface area (Å²) in [6, 6.07) is 0. The molecule has 2 heteroatoms. The second kappa shape index (κ2) is 11.6. The topological polar surface area (TPSA) is 17.1 Å². The van der Waals surface area contributed by atoms with E-state index in [0.29, 0.717) is 0 Å². The second-order valence-corrected chi connectivity index (χ2v) is 8.26. The number of carbonyl (C=O) groups excluding carboxylic acids is 1. The molecule has 0 saturated carbocycles. The molecule has 0 aromatic heterocycles. The zero-order valence-electron chi connectivity index (χ0n) is 15.1. The van der Waals surface area contributed by atoms with Crippen molar-refractivity contribution >= 4 is 17.7 Å². The number of unbranched alkanes of at least 4 members (excludes halogenated alkanes) is 4. The minimum atomic E-state index is -0.196. The third-order valence-electron chi connectivity index (χ3n) is 4.54. The van der Waals surface area contributed by atoms with E-state index in [1.165, 1.54) is 51.4 Å². The van der Waals surface area contributed by atoms with E-state index in [4.69, 9.17) is 0 Å². The summed E-state index contributed by atoms with van der Waals surface area (Å²) in [5, 5.41) is 0.0928. The largest absolute Gasteiger partial charge is 0.287 e. The van der Waals surface area contributed by atoms with Crippen LogP contribution in [0.1, 0.15) is 98.8 Å². The van der Waals surface area contributed by atoms with Gasteiger partial charge in [0.25, 0.3) is 0 Å². The van der Waals surface area contributed by atoms with Crippen LogP contribution in [0.3, 0.4) is 0 Å². The lowest BCUT2D eigenvalue weighted by Gasteiger charge is -2.26. The molecule has 0 aliphatic rings. The average Bonchev–Trinajstić information content (AvgIpc) is 2.37. The predicted octanol–water partition coefficient (Wildman–Crippen LogP) is 6.66. The van der Waals surface area contributed by atoms with Crippen molar-refractivity contribution in [3.63, 3.8) is 0 Å². The van der Waals surface area contributed by atoms with E-state index >= 15 is 0 Å². The molecule has 0 radical (unpaired) electrons. The van der Waals surface area contributed by atoms with Gasteiger partial charge in [-0.3, -0.25) is 4.79 Å². The van der Waals surface area contributed by atoms with Gasteiger partial charge in [-0.1, -0.05) is 86.0 Å². The van der Waals surface area contributed by atoms with Crippen LogP contribution >= 0.6 is 12.6 Å². The summed E-state index contributed by atoms with van der Waals surface area (Å²) in [6.45, 7) is 11.2. The summed E-state index contributed by atoms with van der Waals surface area (Å²) in [6.07, 6.45) is 12.1. The van der Waals surface area contributed by atoms with Crippen LogP contribution in [0.15, 0.2) is 0 Å². The maximum Gasteiger partial charge on any atom is 0.191 e. The molecule has 0 rings (SSSR count). The van der Waals surface area contributed by atoms with Crippen molar-refractivity contribution in [1.29, 1.82) is 0 Å². The van der Waals surface area contributed by atoms with E-state index < -0.39 is 0 Å². The molecule has 0 bridgehead atoms. The molecule has 0 fully saturated rings. The fraction of sp³-hybridized carbons (Fsp3) is 0.947. The van der Waals surface area contributed by atoms with Crippen molar-refractivity contribution in [2.24, 2.45) is 17.3 Å². The Morgan fingerprint density at radius 1 is 0.810 bits per heavy atom. The van der Waals surface area contributed by atoms with Crippen LogP contribution in [-0.4, -0.2) is 5.12 Å². The van der Waals surface area contributed by atoms with Gasteiger partial charge in [0.15, 0.2) is 5.12 Å². The first-order chi connectivity index (χ1) is 9.78. The third-order valence-corrected chi connectivity index (χ3v) is 5.08. The number of carbonyl (C=O) groups is 1. The molecule has 0 aliphatic carbocycles. The maximum absolute atomic E-state index is 11.9. The van der Waals surface area contributed by atoms with Gasteiger partial charge >= 0.3 is 0 Å². The van der Waals surface area contributed by atoms with Crippen LogP contribution < -0.4 is 0 Å². The molecule has 126 valence electrons. The lowest BCUT2D eigenvalue weighted by molar-refractivity contribution is -0.119. The fourth-order valence-electron chi connectivity index (χ4n) is 2.83. The highest BCUT2D eigenvalue weighted by molar-refractivity contribution is 7.96. The van der Waals surface area contributed by atoms with Gasteiger partial charge in [0, 0.05) is 5.41 Å². The van der Waals surface area contributed by atoms with Gasteiger partial charge in [0.2, 0.25) is 0 Å². The van der Waals surface area contributed by atoms with E-state index in [1.54, 1.807) is 0 Å². The molecular weight excluding hydrogens is 276 g/mol. The summed E-state index contributed by atoms with van der Waals surface area (Å²) in [7, 11) is 0. The van der Waals surface area contributed by atoms with Gasteiger partial charge < -0.3 is 0 Å². The van der Waals surface area contributed by atoms with E-state index in [2.05, 4.69) is 47.2 Å². The smallest absolute Gasteiger partial charge is 0.191 e. The molecule has 1 nitrogen and oxygen atoms in total. The first-order valence-corrected chi connectivity index (χ1v) is 9.46. The number of hydrogen-bond acceptors (Lipinski definition) is 1. The molecule has 0 aliphatic heterocycles. The van der Waals surface area contributed by atoms with Crippen LogP contribution in [0.4, 0.5) is 0 Å². The molecular formula is C19H38OS. The van der Waals surface area contributed by atoms with Crippen LogP contribution in [-0.2, 0) is 4.79 Å². The summed E-state index contributed by atoms with van der Waals surface area (Å²) in [5.74, 6) is 1.59. The minimum Gasteiger partial charge on any atom is -0.287 e. The molecule has 0 N–H and O–H groups in total. The van der Waals surface area contributed by atoms with Crippen molar-refractivity contribution in [1.82, 2.24) is 0 Å². The predicted molar refractivity (Wildman–Crippen MR) is 97.9 cm³/mol. The zero-order valence-corrected chi connectivity index (χ0v) is 16.0. The minimum absolute atomic E-state index is 0.0928. The molecule has 0 heterocycles. The van der Waals surface area contributed by atoms with Crippen LogP contribution in [0.5, 0.6) is 0 Å². The first kappa shape index (κ1) is 21.0. The first-order valence-electron chi connectivity index (χ1n) is 9.01. The zero-order chi connectivity index (χ0) is 16.3. The monoisotopic (exact) mass is 314 g/mol. The summed E-state index contributed by atoms with van der Waals surface area (Å²) < 4.78 is 0. The molecule has 0 saturated heterocycles. The van der Waals surface area contributed by atoms with Crippen molar-refractivity contribution in [2.45, 2.75) is 98.8 Å². The van der Waals surface area contributed by atoms with Gasteiger partial charge in [-0.2, -0.15) is 0 Å². The molecule has 0 aromatic carbocycles. The van der Waals surface area contributed by atoms with Crippen molar-refractivity contribution in [3.05, 3.63) is 0 Å². The molecule has 0 amide bonds. The normalized spacial score (nSPS) is 12.4. The highest BCUT2D eigenvalue weighted by Gasteiger charge is 2.29. The van der Waals surface area contributed by atoms with Crippen LogP contribution in [0.2, 0.25) is 0 Å². The van der Waals surface area contributed by atoms with E-state index in [9.17, 15) is 4.79 Å². The number of rotatable bonds is 13. The number of thiol groups is 1. The Kier molecular flexibility index (Phi) is 11.6. The van der Waals surface area contributed by atoms with Crippen molar-refractivity contribution in [3.8, 4) is 0 Å². The van der Waals surface area contributed by atoms with Crippen molar-refractivity contribution in [2.75, 3.05) is 0 Å². The highest BCUT2D eigenvalue weighted by atomic mass is 32.1. The van der Waals surface area contributed by atoms with E-state index in [1.807, 2.05) is 0 Å². The van der Waals surface area contributed by atoms with Crippen molar-refractivity contribution < 1.29 is 4.79 Å². The fourth-order valence-corrected chi connectivity index (χ4v) is 3.05. The Labute approximate surface area is 139 Å². The quantitative estimate of drug-likeness (QED) is 0.297. The van der Waals surface area contributed by atoms with Crippen LogP contribution in [0, 0.1) is 17.3 Å². The van der Waals surface area contributed by atoms with Gasteiger partial charge in [-0.25, -0.2) is 0 Å². The molecule has 0 atom stereocenters. The molecule has 0 unspecified atom stereocenters. The molecule has 0 spiro atoms. The molecule has 0 aromatic rings. The lowest BCUT2D eigenvalue weighted by atomic mass is 9.80. The summed E-state index contributed by atoms with van der Waals surface area (Å²) in [5.41, 5.74) is -0.196. The third kappa shape index (κ3) is 11.3. The van der Waals surface area contributed by atoms with Gasteiger partial charge in [0.05, 0.1) is 0 Å². The Hall–Kier alpha value is 0.0200. The van der Waals surface area contributed by atoms with Crippen LogP contribution in [0.25, 0.3) is 0 Å². The Morgan fingerprint density at radius 2 is 1.19 bits per heavy atom. The Morgan fingerprint density at radius 3 is 1.48 bits per heavy atom. The van der Waals surface area contributed by atoms with Gasteiger partial charge in [-0.05, 0) is 24.7 Å². The average molecular weight is 315 g/mol. The SMILES string of the molecule is CC(C)CCCCCC(C)(CCCCCC(C)C)C(=O)S. The van der Waals surface area contributed by atoms with Gasteiger partial charge in [0.1, 0.15) is 0 Å². The Balaban J connectivity index is 3.92. The Bertz CT molecular complexity index is 253.